The van der Waals surface area contributed by atoms with Gasteiger partial charge in [-0.25, -0.2) is 4.79 Å². The minimum atomic E-state index is -0.552. The maximum Gasteiger partial charge on any atom is 0.415 e. The van der Waals surface area contributed by atoms with Crippen molar-refractivity contribution in [3.05, 3.63) is 18.2 Å². The summed E-state index contributed by atoms with van der Waals surface area (Å²) in [6.07, 6.45) is -0.0708. The quantitative estimate of drug-likeness (QED) is 0.832. The molecule has 1 aliphatic rings. The van der Waals surface area contributed by atoms with Gasteiger partial charge in [0.15, 0.2) is 0 Å². The van der Waals surface area contributed by atoms with E-state index in [0.717, 1.165) is 0 Å². The fourth-order valence-electron chi connectivity index (χ4n) is 1.96. The van der Waals surface area contributed by atoms with Gasteiger partial charge in [-0.1, -0.05) is 0 Å². The molecule has 0 saturated carbocycles. The third kappa shape index (κ3) is 2.40. The van der Waals surface area contributed by atoms with Crippen molar-refractivity contribution < 1.29 is 19.0 Å². The topological polar surface area (TPSA) is 71.8 Å². The number of anilines is 1. The van der Waals surface area contributed by atoms with Crippen molar-refractivity contribution in [2.45, 2.75) is 12.5 Å². The van der Waals surface area contributed by atoms with Crippen LogP contribution in [0.1, 0.15) is 6.42 Å². The van der Waals surface area contributed by atoms with E-state index in [4.69, 9.17) is 19.5 Å². The predicted molar refractivity (Wildman–Crippen MR) is 67.4 cm³/mol. The monoisotopic (exact) mass is 262 g/mol. The molecule has 100 valence electrons. The lowest BCUT2D eigenvalue weighted by atomic mass is 10.1. The van der Waals surface area contributed by atoms with E-state index in [1.165, 1.54) is 12.0 Å². The Balaban J connectivity index is 2.44. The zero-order valence-corrected chi connectivity index (χ0v) is 10.8. The molecule has 2 rings (SSSR count). The average Bonchev–Trinajstić information content (AvgIpc) is 2.46. The lowest BCUT2D eigenvalue weighted by molar-refractivity contribution is 0.134. The molecule has 1 aromatic carbocycles. The van der Waals surface area contributed by atoms with Crippen LogP contribution in [0.2, 0.25) is 0 Å². The Labute approximate surface area is 111 Å². The van der Waals surface area contributed by atoms with Gasteiger partial charge in [0.1, 0.15) is 17.5 Å². The second-order valence-corrected chi connectivity index (χ2v) is 3.96. The molecule has 0 radical (unpaired) electrons. The molecular formula is C13H14N2O4. The maximum absolute atomic E-state index is 11.9. The lowest BCUT2D eigenvalue weighted by Crippen LogP contribution is -2.45. The van der Waals surface area contributed by atoms with Gasteiger partial charge in [-0.05, 0) is 12.1 Å². The first-order chi connectivity index (χ1) is 9.21. The molecule has 1 aromatic rings. The molecule has 1 amide bonds. The van der Waals surface area contributed by atoms with Crippen molar-refractivity contribution in [3.8, 4) is 17.6 Å². The van der Waals surface area contributed by atoms with Crippen molar-refractivity contribution in [1.82, 2.24) is 0 Å². The number of nitrogens with zero attached hydrogens (tertiary/aromatic N) is 2. The highest BCUT2D eigenvalue weighted by molar-refractivity contribution is 5.91. The molecule has 1 aliphatic heterocycles. The standard InChI is InChI=1S/C13H14N2O4/c1-17-10-3-4-11(12(7-10)18-2)15-9(8-14)5-6-19-13(15)16/h3-4,7,9H,5-6H2,1-2H3. The van der Waals surface area contributed by atoms with Gasteiger partial charge in [0.25, 0.3) is 0 Å². The van der Waals surface area contributed by atoms with Crippen molar-refractivity contribution >= 4 is 11.8 Å². The number of amides is 1. The van der Waals surface area contributed by atoms with Gasteiger partial charge in [-0.2, -0.15) is 5.26 Å². The van der Waals surface area contributed by atoms with Gasteiger partial charge >= 0.3 is 6.09 Å². The number of rotatable bonds is 3. The van der Waals surface area contributed by atoms with Gasteiger partial charge in [0.05, 0.1) is 32.6 Å². The molecule has 1 unspecified atom stereocenters. The number of benzene rings is 1. The van der Waals surface area contributed by atoms with E-state index in [9.17, 15) is 4.79 Å². The van der Waals surface area contributed by atoms with Gasteiger partial charge in [0, 0.05) is 12.5 Å². The van der Waals surface area contributed by atoms with E-state index in [-0.39, 0.29) is 6.61 Å². The highest BCUT2D eigenvalue weighted by Crippen LogP contribution is 2.35. The molecule has 1 saturated heterocycles. The summed E-state index contributed by atoms with van der Waals surface area (Å²) in [6.45, 7) is 0.256. The highest BCUT2D eigenvalue weighted by atomic mass is 16.6. The summed E-state index contributed by atoms with van der Waals surface area (Å²) in [4.78, 5) is 13.2. The van der Waals surface area contributed by atoms with Crippen molar-refractivity contribution in [1.29, 1.82) is 5.26 Å². The number of methoxy groups -OCH3 is 2. The zero-order valence-electron chi connectivity index (χ0n) is 10.8. The fraction of sp³-hybridized carbons (Fsp3) is 0.385. The van der Waals surface area contributed by atoms with Crippen LogP contribution in [0.4, 0.5) is 10.5 Å². The Bertz CT molecular complexity index is 524. The van der Waals surface area contributed by atoms with Crippen LogP contribution in [-0.2, 0) is 4.74 Å². The molecule has 1 heterocycles. The summed E-state index contributed by atoms with van der Waals surface area (Å²) in [5.74, 6) is 1.07. The molecule has 0 bridgehead atoms. The summed E-state index contributed by atoms with van der Waals surface area (Å²) in [7, 11) is 3.04. The van der Waals surface area contributed by atoms with Gasteiger partial charge in [-0.3, -0.25) is 4.90 Å². The van der Waals surface area contributed by atoms with Crippen LogP contribution in [-0.4, -0.2) is 33.0 Å². The van der Waals surface area contributed by atoms with E-state index < -0.39 is 12.1 Å². The number of carbonyl (C=O) groups excluding carboxylic acids is 1. The van der Waals surface area contributed by atoms with Gasteiger partial charge < -0.3 is 14.2 Å². The lowest BCUT2D eigenvalue weighted by Gasteiger charge is -2.31. The number of hydrogen-bond acceptors (Lipinski definition) is 5. The van der Waals surface area contributed by atoms with E-state index in [2.05, 4.69) is 6.07 Å². The maximum atomic E-state index is 11.9. The molecule has 1 atom stereocenters. The number of ether oxygens (including phenoxy) is 3. The summed E-state index contributed by atoms with van der Waals surface area (Å²) >= 11 is 0. The molecular weight excluding hydrogens is 248 g/mol. The van der Waals surface area contributed by atoms with Crippen LogP contribution in [0.5, 0.6) is 11.5 Å². The Morgan fingerprint density at radius 3 is 2.84 bits per heavy atom. The molecule has 6 nitrogen and oxygen atoms in total. The molecule has 0 aromatic heterocycles. The number of cyclic esters (lactones) is 1. The smallest absolute Gasteiger partial charge is 0.415 e. The number of carbonyl (C=O) groups is 1. The van der Waals surface area contributed by atoms with E-state index in [1.54, 1.807) is 25.3 Å². The highest BCUT2D eigenvalue weighted by Gasteiger charge is 2.33. The largest absolute Gasteiger partial charge is 0.497 e. The van der Waals surface area contributed by atoms with E-state index >= 15 is 0 Å². The molecule has 0 spiro atoms. The van der Waals surface area contributed by atoms with Crippen molar-refractivity contribution in [2.24, 2.45) is 0 Å². The normalized spacial score (nSPS) is 18.5. The van der Waals surface area contributed by atoms with Gasteiger partial charge in [0.2, 0.25) is 0 Å². The van der Waals surface area contributed by atoms with Crippen LogP contribution in [0.15, 0.2) is 18.2 Å². The number of hydrogen-bond donors (Lipinski definition) is 0. The van der Waals surface area contributed by atoms with Gasteiger partial charge in [-0.15, -0.1) is 0 Å². The predicted octanol–water partition coefficient (Wildman–Crippen LogP) is 1.94. The second kappa shape index (κ2) is 5.48. The summed E-state index contributed by atoms with van der Waals surface area (Å²) < 4.78 is 15.3. The van der Waals surface area contributed by atoms with E-state index in [1.807, 2.05) is 0 Å². The van der Waals surface area contributed by atoms with Crippen LogP contribution in [0.25, 0.3) is 0 Å². The first-order valence-electron chi connectivity index (χ1n) is 5.79. The molecule has 0 N–H and O–H groups in total. The molecule has 6 heteroatoms. The molecule has 0 aliphatic carbocycles. The molecule has 19 heavy (non-hydrogen) atoms. The van der Waals surface area contributed by atoms with Crippen LogP contribution < -0.4 is 14.4 Å². The fourth-order valence-corrected chi connectivity index (χ4v) is 1.96. The zero-order chi connectivity index (χ0) is 13.8. The third-order valence-corrected chi connectivity index (χ3v) is 2.92. The summed E-state index contributed by atoms with van der Waals surface area (Å²) in [5, 5.41) is 9.14. The first-order valence-corrected chi connectivity index (χ1v) is 5.79. The first kappa shape index (κ1) is 13.0. The van der Waals surface area contributed by atoms with Crippen LogP contribution >= 0.6 is 0 Å². The average molecular weight is 262 g/mol. The van der Waals surface area contributed by atoms with Crippen LogP contribution in [0.3, 0.4) is 0 Å². The Morgan fingerprint density at radius 1 is 1.42 bits per heavy atom. The summed E-state index contributed by atoms with van der Waals surface area (Å²) in [5.41, 5.74) is 0.500. The Morgan fingerprint density at radius 2 is 2.21 bits per heavy atom. The molecule has 1 fully saturated rings. The minimum Gasteiger partial charge on any atom is -0.497 e. The SMILES string of the molecule is COc1ccc(N2C(=O)OCCC2C#N)c(OC)c1. The Hall–Kier alpha value is -2.42. The third-order valence-electron chi connectivity index (χ3n) is 2.92. The van der Waals surface area contributed by atoms with E-state index in [0.29, 0.717) is 23.6 Å². The second-order valence-electron chi connectivity index (χ2n) is 3.96. The van der Waals surface area contributed by atoms with Crippen molar-refractivity contribution in [2.75, 3.05) is 25.7 Å². The Kier molecular flexibility index (Phi) is 3.76. The summed E-state index contributed by atoms with van der Waals surface area (Å²) in [6, 6.07) is 6.58. The van der Waals surface area contributed by atoms with Crippen LogP contribution in [0, 0.1) is 11.3 Å². The van der Waals surface area contributed by atoms with Crippen molar-refractivity contribution in [3.63, 3.8) is 0 Å². The number of nitriles is 1. The minimum absolute atomic E-state index is 0.256.